The molecule has 0 radical (unpaired) electrons. The van der Waals surface area contributed by atoms with Crippen molar-refractivity contribution in [1.82, 2.24) is 4.90 Å². The van der Waals surface area contributed by atoms with E-state index in [-0.39, 0.29) is 23.7 Å². The summed E-state index contributed by atoms with van der Waals surface area (Å²) in [4.78, 5) is 12.5. The van der Waals surface area contributed by atoms with E-state index in [2.05, 4.69) is 0 Å². The SMILES string of the molecule is Cc1ccc(C(=O)N(CCCl)CC(F)(F)F)cc1O. The van der Waals surface area contributed by atoms with Crippen LogP contribution in [0.5, 0.6) is 5.75 Å². The summed E-state index contributed by atoms with van der Waals surface area (Å²) < 4.78 is 37.1. The molecule has 0 bridgehead atoms. The number of benzene rings is 1. The van der Waals surface area contributed by atoms with Gasteiger partial charge in [0.2, 0.25) is 0 Å². The van der Waals surface area contributed by atoms with Gasteiger partial charge >= 0.3 is 6.18 Å². The summed E-state index contributed by atoms with van der Waals surface area (Å²) in [6.07, 6.45) is -4.49. The fourth-order valence-electron chi connectivity index (χ4n) is 1.50. The second-order valence-electron chi connectivity index (χ2n) is 4.03. The zero-order valence-corrected chi connectivity index (χ0v) is 10.9. The summed E-state index contributed by atoms with van der Waals surface area (Å²) in [5.74, 6) is -1.04. The standard InChI is InChI=1S/C12H13ClF3NO2/c1-8-2-3-9(6-10(8)18)11(19)17(5-4-13)7-12(14,15)16/h2-3,6,18H,4-5,7H2,1H3. The van der Waals surface area contributed by atoms with Gasteiger partial charge in [0.1, 0.15) is 12.3 Å². The zero-order valence-electron chi connectivity index (χ0n) is 10.2. The van der Waals surface area contributed by atoms with E-state index in [9.17, 15) is 23.1 Å². The molecule has 0 atom stereocenters. The van der Waals surface area contributed by atoms with Crippen LogP contribution in [0, 0.1) is 6.92 Å². The largest absolute Gasteiger partial charge is 0.508 e. The lowest BCUT2D eigenvalue weighted by Crippen LogP contribution is -2.40. The molecule has 7 heteroatoms. The second kappa shape index (κ2) is 6.14. The van der Waals surface area contributed by atoms with Gasteiger partial charge in [-0.2, -0.15) is 13.2 Å². The van der Waals surface area contributed by atoms with Crippen molar-refractivity contribution >= 4 is 17.5 Å². The van der Waals surface area contributed by atoms with Crippen molar-refractivity contribution < 1.29 is 23.1 Å². The summed E-state index contributed by atoms with van der Waals surface area (Å²) in [6, 6.07) is 3.99. The topological polar surface area (TPSA) is 40.5 Å². The van der Waals surface area contributed by atoms with Crippen LogP contribution in [-0.4, -0.2) is 41.1 Å². The fraction of sp³-hybridized carbons (Fsp3) is 0.417. The van der Waals surface area contributed by atoms with Gasteiger partial charge in [0.05, 0.1) is 0 Å². The molecule has 0 aliphatic rings. The van der Waals surface area contributed by atoms with E-state index in [4.69, 9.17) is 11.6 Å². The molecule has 0 heterocycles. The molecule has 1 amide bonds. The van der Waals surface area contributed by atoms with E-state index in [0.717, 1.165) is 6.07 Å². The number of aromatic hydroxyl groups is 1. The van der Waals surface area contributed by atoms with Gasteiger partial charge in [-0.1, -0.05) is 6.07 Å². The number of rotatable bonds is 4. The Hall–Kier alpha value is -1.43. The molecule has 0 unspecified atom stereocenters. The quantitative estimate of drug-likeness (QED) is 0.868. The third-order valence-corrected chi connectivity index (χ3v) is 2.64. The number of amides is 1. The molecule has 19 heavy (non-hydrogen) atoms. The summed E-state index contributed by atoms with van der Waals surface area (Å²) in [5.41, 5.74) is 0.536. The van der Waals surface area contributed by atoms with Crippen LogP contribution in [0.1, 0.15) is 15.9 Å². The number of phenols is 1. The molecule has 1 aromatic rings. The molecule has 0 fully saturated rings. The lowest BCUT2D eigenvalue weighted by molar-refractivity contribution is -0.140. The average molecular weight is 296 g/mol. The van der Waals surface area contributed by atoms with Crippen LogP contribution in [0.3, 0.4) is 0 Å². The summed E-state index contributed by atoms with van der Waals surface area (Å²) in [5, 5.41) is 9.47. The van der Waals surface area contributed by atoms with Crippen molar-refractivity contribution in [2.75, 3.05) is 19.0 Å². The summed E-state index contributed by atoms with van der Waals surface area (Å²) in [6.45, 7) is 0.0392. The molecule has 1 rings (SSSR count). The minimum absolute atomic E-state index is 0.00235. The number of phenolic OH excluding ortho intramolecular Hbond substituents is 1. The summed E-state index contributed by atoms with van der Waals surface area (Å²) >= 11 is 5.40. The monoisotopic (exact) mass is 295 g/mol. The van der Waals surface area contributed by atoms with Gasteiger partial charge in [-0.3, -0.25) is 4.79 Å². The Balaban J connectivity index is 2.95. The van der Waals surface area contributed by atoms with Crippen LogP contribution >= 0.6 is 11.6 Å². The fourth-order valence-corrected chi connectivity index (χ4v) is 1.70. The van der Waals surface area contributed by atoms with Crippen LogP contribution < -0.4 is 0 Å². The zero-order chi connectivity index (χ0) is 14.6. The molecule has 0 aromatic heterocycles. The van der Waals surface area contributed by atoms with E-state index in [1.807, 2.05) is 0 Å². The van der Waals surface area contributed by atoms with Crippen molar-refractivity contribution in [3.8, 4) is 5.75 Å². The van der Waals surface area contributed by atoms with Gasteiger partial charge in [0.25, 0.3) is 5.91 Å². The van der Waals surface area contributed by atoms with Gasteiger partial charge in [0.15, 0.2) is 0 Å². The van der Waals surface area contributed by atoms with Crippen molar-refractivity contribution in [3.63, 3.8) is 0 Å². The molecular formula is C12H13ClF3NO2. The normalized spacial score (nSPS) is 11.4. The average Bonchev–Trinajstić information content (AvgIpc) is 2.29. The lowest BCUT2D eigenvalue weighted by Gasteiger charge is -2.23. The third kappa shape index (κ3) is 4.63. The highest BCUT2D eigenvalue weighted by Crippen LogP contribution is 2.21. The number of carbonyl (C=O) groups is 1. The molecule has 0 saturated carbocycles. The maximum Gasteiger partial charge on any atom is 0.406 e. The number of halogens is 4. The number of nitrogens with zero attached hydrogens (tertiary/aromatic N) is 1. The minimum Gasteiger partial charge on any atom is -0.508 e. The van der Waals surface area contributed by atoms with Gasteiger partial charge in [-0.05, 0) is 24.6 Å². The van der Waals surface area contributed by atoms with Gasteiger partial charge in [-0.25, -0.2) is 0 Å². The molecular weight excluding hydrogens is 283 g/mol. The Bertz CT molecular complexity index is 463. The highest BCUT2D eigenvalue weighted by atomic mass is 35.5. The number of carbonyl (C=O) groups excluding carboxylic acids is 1. The number of hydrogen-bond acceptors (Lipinski definition) is 2. The smallest absolute Gasteiger partial charge is 0.406 e. The Morgan fingerprint density at radius 3 is 2.53 bits per heavy atom. The molecule has 3 nitrogen and oxygen atoms in total. The van der Waals surface area contributed by atoms with E-state index in [1.54, 1.807) is 6.92 Å². The number of alkyl halides is 4. The first kappa shape index (κ1) is 15.6. The van der Waals surface area contributed by atoms with E-state index < -0.39 is 18.6 Å². The molecule has 0 saturated heterocycles. The maximum absolute atomic E-state index is 12.4. The first-order valence-electron chi connectivity index (χ1n) is 5.46. The van der Waals surface area contributed by atoms with Gasteiger partial charge in [-0.15, -0.1) is 11.6 Å². The number of hydrogen-bond donors (Lipinski definition) is 1. The minimum atomic E-state index is -4.49. The van der Waals surface area contributed by atoms with Crippen molar-refractivity contribution in [2.24, 2.45) is 0 Å². The van der Waals surface area contributed by atoms with Crippen molar-refractivity contribution in [2.45, 2.75) is 13.1 Å². The van der Waals surface area contributed by atoms with E-state index in [0.29, 0.717) is 10.5 Å². The highest BCUT2D eigenvalue weighted by molar-refractivity contribution is 6.18. The Labute approximate surface area is 113 Å². The molecule has 1 N–H and O–H groups in total. The first-order chi connectivity index (χ1) is 8.74. The van der Waals surface area contributed by atoms with Crippen LogP contribution in [0.25, 0.3) is 0 Å². The van der Waals surface area contributed by atoms with Crippen LogP contribution in [0.2, 0.25) is 0 Å². The predicted molar refractivity (Wildman–Crippen MR) is 65.5 cm³/mol. The first-order valence-corrected chi connectivity index (χ1v) is 5.99. The van der Waals surface area contributed by atoms with Crippen molar-refractivity contribution in [3.05, 3.63) is 29.3 Å². The van der Waals surface area contributed by atoms with Crippen LogP contribution in [0.4, 0.5) is 13.2 Å². The molecule has 0 aliphatic carbocycles. The van der Waals surface area contributed by atoms with Gasteiger partial charge in [0, 0.05) is 18.0 Å². The molecule has 0 spiro atoms. The molecule has 106 valence electrons. The Morgan fingerprint density at radius 2 is 2.05 bits per heavy atom. The van der Waals surface area contributed by atoms with Crippen LogP contribution in [0.15, 0.2) is 18.2 Å². The Kier molecular flexibility index (Phi) is 5.05. The predicted octanol–water partition coefficient (Wildman–Crippen LogP) is 2.94. The van der Waals surface area contributed by atoms with Gasteiger partial charge < -0.3 is 10.0 Å². The molecule has 0 aliphatic heterocycles. The lowest BCUT2D eigenvalue weighted by atomic mass is 10.1. The van der Waals surface area contributed by atoms with E-state index >= 15 is 0 Å². The van der Waals surface area contributed by atoms with Crippen LogP contribution in [-0.2, 0) is 0 Å². The molecule has 1 aromatic carbocycles. The summed E-state index contributed by atoms with van der Waals surface area (Å²) in [7, 11) is 0. The second-order valence-corrected chi connectivity index (χ2v) is 4.41. The Morgan fingerprint density at radius 1 is 1.42 bits per heavy atom. The highest BCUT2D eigenvalue weighted by Gasteiger charge is 2.33. The van der Waals surface area contributed by atoms with Crippen molar-refractivity contribution in [1.29, 1.82) is 0 Å². The third-order valence-electron chi connectivity index (χ3n) is 2.47. The number of aryl methyl sites for hydroxylation is 1. The van der Waals surface area contributed by atoms with E-state index in [1.165, 1.54) is 12.1 Å². The maximum atomic E-state index is 12.4.